The van der Waals surface area contributed by atoms with Gasteiger partial charge in [-0.3, -0.25) is 4.79 Å². The van der Waals surface area contributed by atoms with Gasteiger partial charge in [0, 0.05) is 24.4 Å². The minimum atomic E-state index is -1.00. The molecular formula is C30H27F2N3O2. The molecule has 2 aliphatic heterocycles. The highest BCUT2D eigenvalue weighted by atomic mass is 19.2. The quantitative estimate of drug-likeness (QED) is 0.589. The number of benzene rings is 2. The van der Waals surface area contributed by atoms with E-state index in [4.69, 9.17) is 0 Å². The summed E-state index contributed by atoms with van der Waals surface area (Å²) in [7, 11) is 0. The van der Waals surface area contributed by atoms with Crippen LogP contribution in [0, 0.1) is 17.6 Å². The van der Waals surface area contributed by atoms with Gasteiger partial charge in [-0.25, -0.2) is 13.6 Å². The molecule has 2 bridgehead atoms. The van der Waals surface area contributed by atoms with Gasteiger partial charge in [-0.15, -0.1) is 0 Å². The molecule has 2 unspecified atom stereocenters. The van der Waals surface area contributed by atoms with Crippen LogP contribution in [0.25, 0.3) is 0 Å². The highest BCUT2D eigenvalue weighted by Gasteiger charge is 2.45. The number of carbonyl (C=O) groups excluding carboxylic acids is 2. The summed E-state index contributed by atoms with van der Waals surface area (Å²) in [4.78, 5) is 30.4. The molecule has 0 aromatic heterocycles. The fourth-order valence-corrected chi connectivity index (χ4v) is 5.85. The molecule has 3 amide bonds. The van der Waals surface area contributed by atoms with Gasteiger partial charge >= 0.3 is 6.03 Å². The zero-order chi connectivity index (χ0) is 25.5. The number of carbonyl (C=O) groups is 2. The zero-order valence-corrected chi connectivity index (χ0v) is 20.2. The van der Waals surface area contributed by atoms with Crippen molar-refractivity contribution in [3.63, 3.8) is 0 Å². The first-order valence-corrected chi connectivity index (χ1v) is 12.6. The Balaban J connectivity index is 1.30. The van der Waals surface area contributed by atoms with E-state index in [1.807, 2.05) is 35.2 Å². The predicted molar refractivity (Wildman–Crippen MR) is 138 cm³/mol. The topological polar surface area (TPSA) is 52.7 Å². The molecule has 188 valence electrons. The molecule has 1 fully saturated rings. The number of likely N-dealkylation sites (tertiary alicyclic amines) is 1. The van der Waals surface area contributed by atoms with E-state index in [0.29, 0.717) is 6.54 Å². The molecule has 7 heteroatoms. The molecule has 6 rings (SSSR count). The van der Waals surface area contributed by atoms with Crippen molar-refractivity contribution in [2.24, 2.45) is 5.92 Å². The highest BCUT2D eigenvalue weighted by molar-refractivity contribution is 5.96. The van der Waals surface area contributed by atoms with Crippen molar-refractivity contribution in [2.75, 3.05) is 11.9 Å². The molecule has 2 aromatic rings. The largest absolute Gasteiger partial charge is 0.334 e. The molecule has 1 N–H and O–H groups in total. The average molecular weight is 500 g/mol. The van der Waals surface area contributed by atoms with Gasteiger partial charge in [0.15, 0.2) is 11.6 Å². The Morgan fingerprint density at radius 1 is 1.11 bits per heavy atom. The summed E-state index contributed by atoms with van der Waals surface area (Å²) in [5, 5.41) is 2.66. The Bertz CT molecular complexity index is 1380. The molecule has 2 aromatic carbocycles. The molecule has 3 atom stereocenters. The fourth-order valence-electron chi connectivity index (χ4n) is 5.85. The maximum absolute atomic E-state index is 14.7. The Labute approximate surface area is 214 Å². The second-order valence-corrected chi connectivity index (χ2v) is 9.95. The number of halogens is 2. The summed E-state index contributed by atoms with van der Waals surface area (Å²) in [6.45, 7) is 0.394. The standard InChI is InChI=1S/C30H27F2N3O2/c31-25-12-13-26-24(28(25)32)18-35(30(37)33-26)27(14-19-8-4-3-5-9-19)29(36)34-17-21-15-22(34)16-23(21)20-10-6-1-2-7-11-20/h1,3-13,16,21-22,27H,2,14-15,17-18H2,(H,33,37)/t21?,22?,27-/m1/s1. The van der Waals surface area contributed by atoms with Crippen LogP contribution in [-0.2, 0) is 17.8 Å². The van der Waals surface area contributed by atoms with Crippen molar-refractivity contribution < 1.29 is 18.4 Å². The summed E-state index contributed by atoms with van der Waals surface area (Å²) >= 11 is 0. The van der Waals surface area contributed by atoms with Crippen molar-refractivity contribution in [1.29, 1.82) is 0 Å². The lowest BCUT2D eigenvalue weighted by atomic mass is 9.94. The van der Waals surface area contributed by atoms with Gasteiger partial charge in [-0.1, -0.05) is 66.8 Å². The van der Waals surface area contributed by atoms with Crippen LogP contribution in [0.2, 0.25) is 0 Å². The Hall–Kier alpha value is -4.00. The first-order chi connectivity index (χ1) is 18.0. The minimum absolute atomic E-state index is 0.0516. The van der Waals surface area contributed by atoms with E-state index in [1.54, 1.807) is 0 Å². The molecule has 0 spiro atoms. The molecule has 0 saturated carbocycles. The number of hydrogen-bond acceptors (Lipinski definition) is 2. The van der Waals surface area contributed by atoms with E-state index in [2.05, 4.69) is 41.8 Å². The summed E-state index contributed by atoms with van der Waals surface area (Å²) in [6.07, 6.45) is 14.8. The third-order valence-electron chi connectivity index (χ3n) is 7.71. The molecular weight excluding hydrogens is 472 g/mol. The van der Waals surface area contributed by atoms with Crippen LogP contribution in [-0.4, -0.2) is 40.4 Å². The van der Waals surface area contributed by atoms with Crippen molar-refractivity contribution in [3.8, 4) is 0 Å². The number of allylic oxidation sites excluding steroid dienone is 6. The number of fused-ring (bicyclic) bond motifs is 3. The summed E-state index contributed by atoms with van der Waals surface area (Å²) < 4.78 is 28.7. The number of rotatable bonds is 5. The van der Waals surface area contributed by atoms with Crippen LogP contribution < -0.4 is 5.32 Å². The first kappa shape index (κ1) is 23.4. The molecule has 2 aliphatic carbocycles. The second-order valence-electron chi connectivity index (χ2n) is 9.95. The molecule has 0 radical (unpaired) electrons. The highest BCUT2D eigenvalue weighted by Crippen LogP contribution is 2.42. The zero-order valence-electron chi connectivity index (χ0n) is 20.2. The van der Waals surface area contributed by atoms with Crippen LogP contribution in [0.1, 0.15) is 24.0 Å². The van der Waals surface area contributed by atoms with Crippen molar-refractivity contribution in [1.82, 2.24) is 9.80 Å². The maximum atomic E-state index is 14.7. The van der Waals surface area contributed by atoms with Gasteiger partial charge in [-0.05, 0) is 41.7 Å². The van der Waals surface area contributed by atoms with Gasteiger partial charge in [0.1, 0.15) is 6.04 Å². The summed E-state index contributed by atoms with van der Waals surface area (Å²) in [5.74, 6) is -1.92. The number of anilines is 1. The number of urea groups is 1. The smallest absolute Gasteiger partial charge is 0.322 e. The van der Waals surface area contributed by atoms with E-state index >= 15 is 0 Å². The molecule has 5 nitrogen and oxygen atoms in total. The van der Waals surface area contributed by atoms with Crippen molar-refractivity contribution in [2.45, 2.75) is 37.9 Å². The Kier molecular flexibility index (Phi) is 5.99. The maximum Gasteiger partial charge on any atom is 0.322 e. The second kappa shape index (κ2) is 9.47. The van der Waals surface area contributed by atoms with E-state index < -0.39 is 23.7 Å². The monoisotopic (exact) mass is 499 g/mol. The minimum Gasteiger partial charge on any atom is -0.334 e. The fraction of sp³-hybridized carbons (Fsp3) is 0.267. The summed E-state index contributed by atoms with van der Waals surface area (Å²) in [5.41, 5.74) is 3.62. The van der Waals surface area contributed by atoms with Crippen LogP contribution in [0.3, 0.4) is 0 Å². The molecule has 2 heterocycles. The number of nitrogens with one attached hydrogen (secondary N) is 1. The van der Waals surface area contributed by atoms with Crippen molar-refractivity contribution in [3.05, 3.63) is 113 Å². The lowest BCUT2D eigenvalue weighted by molar-refractivity contribution is -0.136. The van der Waals surface area contributed by atoms with Crippen LogP contribution in [0.4, 0.5) is 19.3 Å². The van der Waals surface area contributed by atoms with E-state index in [1.165, 1.54) is 22.1 Å². The van der Waals surface area contributed by atoms with Crippen LogP contribution in [0.5, 0.6) is 0 Å². The van der Waals surface area contributed by atoms with Gasteiger partial charge in [0.05, 0.1) is 18.3 Å². The van der Waals surface area contributed by atoms with Gasteiger partial charge < -0.3 is 15.1 Å². The predicted octanol–water partition coefficient (Wildman–Crippen LogP) is 5.52. The van der Waals surface area contributed by atoms with Crippen LogP contribution in [0.15, 0.2) is 90.1 Å². The Morgan fingerprint density at radius 3 is 2.73 bits per heavy atom. The number of nitrogens with zero attached hydrogens (tertiary/aromatic N) is 2. The summed E-state index contributed by atoms with van der Waals surface area (Å²) in [6, 6.07) is 10.4. The number of amides is 3. The molecule has 37 heavy (non-hydrogen) atoms. The normalized spacial score (nSPS) is 22.8. The SMILES string of the molecule is O=C([C@@H](Cc1ccccc1)N1Cc2c(ccc(F)c2F)NC1=O)N1CC2CC1C=C2C1=CC=CCC=C1. The third kappa shape index (κ3) is 4.28. The van der Waals surface area contributed by atoms with Crippen LogP contribution >= 0.6 is 0 Å². The van der Waals surface area contributed by atoms with E-state index in [-0.39, 0.29) is 42.1 Å². The van der Waals surface area contributed by atoms with Gasteiger partial charge in [0.25, 0.3) is 0 Å². The van der Waals surface area contributed by atoms with Crippen molar-refractivity contribution >= 4 is 17.6 Å². The third-order valence-corrected chi connectivity index (χ3v) is 7.71. The van der Waals surface area contributed by atoms with Gasteiger partial charge in [0.2, 0.25) is 5.91 Å². The molecule has 4 aliphatic rings. The van der Waals surface area contributed by atoms with E-state index in [9.17, 15) is 18.4 Å². The average Bonchev–Trinajstić information content (AvgIpc) is 3.41. The number of hydrogen-bond donors (Lipinski definition) is 1. The molecule has 1 saturated heterocycles. The van der Waals surface area contributed by atoms with Gasteiger partial charge in [-0.2, -0.15) is 0 Å². The lowest BCUT2D eigenvalue weighted by Crippen LogP contribution is -2.55. The first-order valence-electron chi connectivity index (χ1n) is 12.6. The Morgan fingerprint density at radius 2 is 1.95 bits per heavy atom. The lowest BCUT2D eigenvalue weighted by Gasteiger charge is -2.38. The van der Waals surface area contributed by atoms with E-state index in [0.717, 1.165) is 24.5 Å².